The number of likely N-dealkylation sites (tertiary alicyclic amines) is 1. The SMILES string of the molecule is CCCCC1CCN(C)C[C@@H]1F. The van der Waals surface area contributed by atoms with Gasteiger partial charge in [0.2, 0.25) is 0 Å². The van der Waals surface area contributed by atoms with E-state index in [0.717, 1.165) is 19.4 Å². The van der Waals surface area contributed by atoms with E-state index in [4.69, 9.17) is 0 Å². The summed E-state index contributed by atoms with van der Waals surface area (Å²) in [6.45, 7) is 3.89. The van der Waals surface area contributed by atoms with Gasteiger partial charge in [-0.2, -0.15) is 0 Å². The zero-order valence-electron chi connectivity index (χ0n) is 8.22. The van der Waals surface area contributed by atoms with Crippen molar-refractivity contribution >= 4 is 0 Å². The normalized spacial score (nSPS) is 32.2. The number of alkyl halides is 1. The maximum atomic E-state index is 13.4. The number of hydrogen-bond donors (Lipinski definition) is 0. The van der Waals surface area contributed by atoms with Crippen LogP contribution in [-0.2, 0) is 0 Å². The van der Waals surface area contributed by atoms with Crippen molar-refractivity contribution in [1.82, 2.24) is 4.90 Å². The van der Waals surface area contributed by atoms with Gasteiger partial charge in [-0.3, -0.25) is 0 Å². The Kier molecular flexibility index (Phi) is 3.99. The molecule has 2 heteroatoms. The largest absolute Gasteiger partial charge is 0.303 e. The highest BCUT2D eigenvalue weighted by molar-refractivity contribution is 4.78. The summed E-state index contributed by atoms with van der Waals surface area (Å²) in [6, 6.07) is 0. The van der Waals surface area contributed by atoms with Crippen LogP contribution < -0.4 is 0 Å². The second-order valence-corrected chi connectivity index (χ2v) is 3.97. The molecule has 1 aliphatic heterocycles. The third-order valence-electron chi connectivity index (χ3n) is 2.81. The maximum Gasteiger partial charge on any atom is 0.116 e. The molecule has 1 aliphatic rings. The van der Waals surface area contributed by atoms with Gasteiger partial charge in [0.1, 0.15) is 6.17 Å². The number of piperidine rings is 1. The lowest BCUT2D eigenvalue weighted by molar-refractivity contribution is 0.0958. The van der Waals surface area contributed by atoms with Crippen molar-refractivity contribution in [3.05, 3.63) is 0 Å². The molecule has 0 N–H and O–H groups in total. The van der Waals surface area contributed by atoms with Crippen LogP contribution in [0.4, 0.5) is 4.39 Å². The first-order valence-electron chi connectivity index (χ1n) is 5.06. The molecule has 0 amide bonds. The van der Waals surface area contributed by atoms with E-state index in [9.17, 15) is 4.39 Å². The lowest BCUT2D eigenvalue weighted by Crippen LogP contribution is -2.39. The minimum absolute atomic E-state index is 0.348. The van der Waals surface area contributed by atoms with Crippen molar-refractivity contribution in [1.29, 1.82) is 0 Å². The molecule has 72 valence electrons. The van der Waals surface area contributed by atoms with Gasteiger partial charge in [0.15, 0.2) is 0 Å². The monoisotopic (exact) mass is 173 g/mol. The third-order valence-corrected chi connectivity index (χ3v) is 2.81. The van der Waals surface area contributed by atoms with E-state index in [0.29, 0.717) is 12.5 Å². The number of unbranched alkanes of at least 4 members (excludes halogenated alkanes) is 1. The van der Waals surface area contributed by atoms with E-state index in [1.54, 1.807) is 0 Å². The maximum absolute atomic E-state index is 13.4. The molecule has 2 atom stereocenters. The minimum Gasteiger partial charge on any atom is -0.303 e. The molecule has 1 nitrogen and oxygen atoms in total. The Morgan fingerprint density at radius 3 is 2.83 bits per heavy atom. The molecule has 1 saturated heterocycles. The Morgan fingerprint density at radius 2 is 2.25 bits per heavy atom. The molecule has 0 aromatic carbocycles. The highest BCUT2D eigenvalue weighted by Crippen LogP contribution is 2.24. The first-order valence-corrected chi connectivity index (χ1v) is 5.06. The van der Waals surface area contributed by atoms with Gasteiger partial charge in [-0.1, -0.05) is 19.8 Å². The molecule has 1 unspecified atom stereocenters. The Labute approximate surface area is 74.9 Å². The van der Waals surface area contributed by atoms with Crippen molar-refractivity contribution in [3.63, 3.8) is 0 Å². The van der Waals surface area contributed by atoms with Gasteiger partial charge in [-0.15, -0.1) is 0 Å². The summed E-state index contributed by atoms with van der Waals surface area (Å²) in [7, 11) is 2.00. The van der Waals surface area contributed by atoms with Gasteiger partial charge in [0.25, 0.3) is 0 Å². The van der Waals surface area contributed by atoms with Gasteiger partial charge in [0, 0.05) is 6.54 Å². The van der Waals surface area contributed by atoms with Gasteiger partial charge < -0.3 is 4.90 Å². The zero-order valence-corrected chi connectivity index (χ0v) is 8.22. The Hall–Kier alpha value is -0.110. The Morgan fingerprint density at radius 1 is 1.50 bits per heavy atom. The summed E-state index contributed by atoms with van der Waals surface area (Å²) in [6.07, 6.45) is 3.95. The summed E-state index contributed by atoms with van der Waals surface area (Å²) in [5, 5.41) is 0. The Balaban J connectivity index is 2.25. The van der Waals surface area contributed by atoms with Crippen LogP contribution in [0.1, 0.15) is 32.6 Å². The second-order valence-electron chi connectivity index (χ2n) is 3.97. The topological polar surface area (TPSA) is 3.24 Å². The summed E-state index contributed by atoms with van der Waals surface area (Å²) in [5.74, 6) is 0.348. The quantitative estimate of drug-likeness (QED) is 0.633. The first kappa shape index (κ1) is 9.97. The molecule has 1 heterocycles. The minimum atomic E-state index is -0.574. The van der Waals surface area contributed by atoms with Crippen molar-refractivity contribution in [2.24, 2.45) is 5.92 Å². The molecular formula is C10H20FN. The fourth-order valence-corrected chi connectivity index (χ4v) is 1.90. The molecule has 1 rings (SSSR count). The molecular weight excluding hydrogens is 153 g/mol. The summed E-state index contributed by atoms with van der Waals surface area (Å²) in [5.41, 5.74) is 0. The molecule has 0 bridgehead atoms. The van der Waals surface area contributed by atoms with Crippen LogP contribution in [0.15, 0.2) is 0 Å². The van der Waals surface area contributed by atoms with Crippen LogP contribution >= 0.6 is 0 Å². The summed E-state index contributed by atoms with van der Waals surface area (Å²) in [4.78, 5) is 2.09. The van der Waals surface area contributed by atoms with Crippen molar-refractivity contribution in [3.8, 4) is 0 Å². The van der Waals surface area contributed by atoms with Gasteiger partial charge >= 0.3 is 0 Å². The predicted octanol–water partition coefficient (Wildman–Crippen LogP) is 2.47. The smallest absolute Gasteiger partial charge is 0.116 e. The van der Waals surface area contributed by atoms with Gasteiger partial charge in [0.05, 0.1) is 0 Å². The third kappa shape index (κ3) is 2.74. The first-order chi connectivity index (χ1) is 5.74. The predicted molar refractivity (Wildman–Crippen MR) is 50.0 cm³/mol. The lowest BCUT2D eigenvalue weighted by Gasteiger charge is -2.32. The Bertz CT molecular complexity index is 125. The van der Waals surface area contributed by atoms with Crippen LogP contribution in [0.2, 0.25) is 0 Å². The standard InChI is InChI=1S/C10H20FN/c1-3-4-5-9-6-7-12(2)8-10(9)11/h9-10H,3-8H2,1-2H3/t9?,10-/m0/s1. The van der Waals surface area contributed by atoms with E-state index in [-0.39, 0.29) is 0 Å². The van der Waals surface area contributed by atoms with Crippen LogP contribution in [-0.4, -0.2) is 31.2 Å². The molecule has 1 fully saturated rings. The number of nitrogens with zero attached hydrogens (tertiary/aromatic N) is 1. The van der Waals surface area contributed by atoms with Crippen LogP contribution in [0, 0.1) is 5.92 Å². The second kappa shape index (κ2) is 4.80. The molecule has 0 aliphatic carbocycles. The molecule has 12 heavy (non-hydrogen) atoms. The highest BCUT2D eigenvalue weighted by atomic mass is 19.1. The number of halogens is 1. The van der Waals surface area contributed by atoms with E-state index in [1.807, 2.05) is 7.05 Å². The van der Waals surface area contributed by atoms with Crippen molar-refractivity contribution in [2.75, 3.05) is 20.1 Å². The molecule has 0 saturated carbocycles. The fraction of sp³-hybridized carbons (Fsp3) is 1.00. The molecule has 0 radical (unpaired) electrons. The van der Waals surface area contributed by atoms with E-state index >= 15 is 0 Å². The molecule has 0 aromatic rings. The zero-order chi connectivity index (χ0) is 8.97. The van der Waals surface area contributed by atoms with E-state index in [1.165, 1.54) is 12.8 Å². The van der Waals surface area contributed by atoms with E-state index < -0.39 is 6.17 Å². The van der Waals surface area contributed by atoms with Crippen LogP contribution in [0.25, 0.3) is 0 Å². The van der Waals surface area contributed by atoms with Crippen molar-refractivity contribution < 1.29 is 4.39 Å². The molecule has 0 spiro atoms. The highest BCUT2D eigenvalue weighted by Gasteiger charge is 2.26. The average Bonchev–Trinajstić information content (AvgIpc) is 2.03. The van der Waals surface area contributed by atoms with Crippen LogP contribution in [0.3, 0.4) is 0 Å². The van der Waals surface area contributed by atoms with Crippen molar-refractivity contribution in [2.45, 2.75) is 38.8 Å². The number of hydrogen-bond acceptors (Lipinski definition) is 1. The van der Waals surface area contributed by atoms with Gasteiger partial charge in [-0.05, 0) is 32.4 Å². The lowest BCUT2D eigenvalue weighted by atomic mass is 9.90. The fourth-order valence-electron chi connectivity index (χ4n) is 1.90. The van der Waals surface area contributed by atoms with Gasteiger partial charge in [-0.25, -0.2) is 4.39 Å². The summed E-state index contributed by atoms with van der Waals surface area (Å²) >= 11 is 0. The number of rotatable bonds is 3. The summed E-state index contributed by atoms with van der Waals surface area (Å²) < 4.78 is 13.4. The van der Waals surface area contributed by atoms with E-state index in [2.05, 4.69) is 11.8 Å². The average molecular weight is 173 g/mol. The molecule has 0 aromatic heterocycles. The van der Waals surface area contributed by atoms with Crippen LogP contribution in [0.5, 0.6) is 0 Å².